The first-order valence-corrected chi connectivity index (χ1v) is 7.50. The molecule has 0 aromatic carbocycles. The maximum atomic E-state index is 5.72. The Kier molecular flexibility index (Phi) is 3.63. The minimum atomic E-state index is 0.132. The van der Waals surface area contributed by atoms with E-state index in [2.05, 4.69) is 21.8 Å². The standard InChI is InChI=1S/C13H19N5S/c1-18-8-10(16-17-18)7-11(15-14)13-6-9-4-2-3-5-12(9)19-13/h6,8,11,15H,2-5,7,14H2,1H3. The van der Waals surface area contributed by atoms with Gasteiger partial charge >= 0.3 is 0 Å². The van der Waals surface area contributed by atoms with E-state index >= 15 is 0 Å². The third-order valence-corrected chi connectivity index (χ3v) is 4.97. The number of aryl methyl sites for hydroxylation is 3. The first kappa shape index (κ1) is 12.8. The van der Waals surface area contributed by atoms with Gasteiger partial charge in [-0.1, -0.05) is 5.21 Å². The van der Waals surface area contributed by atoms with Crippen LogP contribution in [0.1, 0.15) is 39.9 Å². The normalized spacial score (nSPS) is 16.3. The van der Waals surface area contributed by atoms with E-state index in [1.54, 1.807) is 9.56 Å². The molecule has 5 nitrogen and oxygen atoms in total. The quantitative estimate of drug-likeness (QED) is 0.656. The van der Waals surface area contributed by atoms with Crippen molar-refractivity contribution in [1.29, 1.82) is 0 Å². The second-order valence-electron chi connectivity index (χ2n) is 5.11. The van der Waals surface area contributed by atoms with E-state index in [1.807, 2.05) is 24.6 Å². The minimum absolute atomic E-state index is 0.132. The van der Waals surface area contributed by atoms with Gasteiger partial charge in [0, 0.05) is 29.4 Å². The van der Waals surface area contributed by atoms with Gasteiger partial charge < -0.3 is 0 Å². The number of nitrogens with zero attached hydrogens (tertiary/aromatic N) is 3. The van der Waals surface area contributed by atoms with E-state index in [-0.39, 0.29) is 6.04 Å². The summed E-state index contributed by atoms with van der Waals surface area (Å²) in [7, 11) is 1.88. The van der Waals surface area contributed by atoms with Crippen molar-refractivity contribution in [3.8, 4) is 0 Å². The molecule has 1 aliphatic rings. The molecule has 3 N–H and O–H groups in total. The summed E-state index contributed by atoms with van der Waals surface area (Å²) in [6.45, 7) is 0. The van der Waals surface area contributed by atoms with Crippen LogP contribution in [0.2, 0.25) is 0 Å². The molecule has 6 heteroatoms. The lowest BCUT2D eigenvalue weighted by atomic mass is 9.98. The third-order valence-electron chi connectivity index (χ3n) is 3.62. The van der Waals surface area contributed by atoms with Crippen molar-refractivity contribution in [1.82, 2.24) is 20.4 Å². The Morgan fingerprint density at radius 2 is 2.32 bits per heavy atom. The highest BCUT2D eigenvalue weighted by molar-refractivity contribution is 7.12. The maximum Gasteiger partial charge on any atom is 0.0846 e. The summed E-state index contributed by atoms with van der Waals surface area (Å²) < 4.78 is 1.72. The summed E-state index contributed by atoms with van der Waals surface area (Å²) in [6, 6.07) is 2.45. The predicted octanol–water partition coefficient (Wildman–Crippen LogP) is 1.50. The van der Waals surface area contributed by atoms with Crippen LogP contribution in [0.4, 0.5) is 0 Å². The summed E-state index contributed by atoms with van der Waals surface area (Å²) in [5.74, 6) is 5.72. The fourth-order valence-corrected chi connectivity index (χ4v) is 3.94. The molecule has 3 rings (SSSR count). The molecule has 2 aromatic heterocycles. The van der Waals surface area contributed by atoms with Crippen molar-refractivity contribution < 1.29 is 0 Å². The van der Waals surface area contributed by atoms with Crippen LogP contribution in [0.25, 0.3) is 0 Å². The highest BCUT2D eigenvalue weighted by Gasteiger charge is 2.19. The number of thiophene rings is 1. The lowest BCUT2D eigenvalue weighted by molar-refractivity contribution is 0.553. The van der Waals surface area contributed by atoms with Gasteiger partial charge in [0.25, 0.3) is 0 Å². The Balaban J connectivity index is 1.79. The zero-order valence-electron chi connectivity index (χ0n) is 11.1. The Morgan fingerprint density at radius 1 is 1.47 bits per heavy atom. The number of hydrogen-bond donors (Lipinski definition) is 2. The second kappa shape index (κ2) is 5.40. The number of fused-ring (bicyclic) bond motifs is 1. The van der Waals surface area contributed by atoms with E-state index in [9.17, 15) is 0 Å². The summed E-state index contributed by atoms with van der Waals surface area (Å²) in [5.41, 5.74) is 5.41. The molecule has 0 bridgehead atoms. The monoisotopic (exact) mass is 277 g/mol. The molecule has 0 saturated carbocycles. The topological polar surface area (TPSA) is 68.8 Å². The average molecular weight is 277 g/mol. The third kappa shape index (κ3) is 2.70. The van der Waals surface area contributed by atoms with E-state index < -0.39 is 0 Å². The molecule has 102 valence electrons. The minimum Gasteiger partial charge on any atom is -0.271 e. The second-order valence-corrected chi connectivity index (χ2v) is 6.28. The van der Waals surface area contributed by atoms with Crippen molar-refractivity contribution in [2.24, 2.45) is 12.9 Å². The van der Waals surface area contributed by atoms with Crippen LogP contribution in [0.3, 0.4) is 0 Å². The van der Waals surface area contributed by atoms with E-state index in [4.69, 9.17) is 5.84 Å². The number of nitrogens with two attached hydrogens (primary N) is 1. The van der Waals surface area contributed by atoms with Gasteiger partial charge in [-0.05, 0) is 37.3 Å². The van der Waals surface area contributed by atoms with Gasteiger partial charge in [0.05, 0.1) is 11.7 Å². The van der Waals surface area contributed by atoms with Crippen molar-refractivity contribution in [3.05, 3.63) is 33.3 Å². The van der Waals surface area contributed by atoms with Gasteiger partial charge in [-0.25, -0.2) is 0 Å². The van der Waals surface area contributed by atoms with Crippen molar-refractivity contribution in [2.45, 2.75) is 38.1 Å². The number of hydrogen-bond acceptors (Lipinski definition) is 5. The van der Waals surface area contributed by atoms with Crippen molar-refractivity contribution in [2.75, 3.05) is 0 Å². The molecule has 1 aliphatic carbocycles. The molecule has 0 saturated heterocycles. The van der Waals surface area contributed by atoms with Gasteiger partial charge in [0.15, 0.2) is 0 Å². The van der Waals surface area contributed by atoms with E-state index in [0.29, 0.717) is 0 Å². The Labute approximate surface area is 116 Å². The van der Waals surface area contributed by atoms with Gasteiger partial charge in [-0.15, -0.1) is 16.4 Å². The number of nitrogens with one attached hydrogen (secondary N) is 1. The molecule has 2 heterocycles. The number of aromatic nitrogens is 3. The highest BCUT2D eigenvalue weighted by Crippen LogP contribution is 2.33. The zero-order valence-corrected chi connectivity index (χ0v) is 11.9. The molecule has 0 amide bonds. The predicted molar refractivity (Wildman–Crippen MR) is 75.7 cm³/mol. The lowest BCUT2D eigenvalue weighted by Crippen LogP contribution is -2.29. The molecular weight excluding hydrogens is 258 g/mol. The zero-order chi connectivity index (χ0) is 13.2. The molecule has 1 atom stereocenters. The largest absolute Gasteiger partial charge is 0.271 e. The fourth-order valence-electron chi connectivity index (χ4n) is 2.62. The molecule has 2 aromatic rings. The molecule has 0 aliphatic heterocycles. The molecule has 0 fully saturated rings. The number of hydrazine groups is 1. The molecular formula is C13H19N5S. The van der Waals surface area contributed by atoms with E-state index in [0.717, 1.165) is 12.1 Å². The van der Waals surface area contributed by atoms with Gasteiger partial charge in [0.1, 0.15) is 0 Å². The van der Waals surface area contributed by atoms with Gasteiger partial charge in [-0.3, -0.25) is 16.0 Å². The van der Waals surface area contributed by atoms with Crippen LogP contribution in [0, 0.1) is 0 Å². The summed E-state index contributed by atoms with van der Waals surface area (Å²) in [4.78, 5) is 2.86. The molecule has 0 radical (unpaired) electrons. The van der Waals surface area contributed by atoms with Crippen LogP contribution >= 0.6 is 11.3 Å². The molecule has 0 spiro atoms. The van der Waals surface area contributed by atoms with Gasteiger partial charge in [-0.2, -0.15) is 0 Å². The fraction of sp³-hybridized carbons (Fsp3) is 0.538. The Morgan fingerprint density at radius 3 is 3.00 bits per heavy atom. The lowest BCUT2D eigenvalue weighted by Gasteiger charge is -2.11. The van der Waals surface area contributed by atoms with Crippen molar-refractivity contribution in [3.63, 3.8) is 0 Å². The van der Waals surface area contributed by atoms with Crippen LogP contribution < -0.4 is 11.3 Å². The van der Waals surface area contributed by atoms with Crippen LogP contribution in [-0.2, 0) is 26.3 Å². The smallest absolute Gasteiger partial charge is 0.0846 e. The Hall–Kier alpha value is -1.24. The highest BCUT2D eigenvalue weighted by atomic mass is 32.1. The maximum absolute atomic E-state index is 5.72. The SMILES string of the molecule is Cn1cc(CC(NN)c2cc3c(s2)CCCC3)nn1. The van der Waals surface area contributed by atoms with Crippen molar-refractivity contribution >= 4 is 11.3 Å². The Bertz CT molecular complexity index is 536. The number of rotatable bonds is 4. The summed E-state index contributed by atoms with van der Waals surface area (Å²) >= 11 is 1.90. The summed E-state index contributed by atoms with van der Waals surface area (Å²) in [5, 5.41) is 8.10. The first-order valence-electron chi connectivity index (χ1n) is 6.69. The molecule has 19 heavy (non-hydrogen) atoms. The van der Waals surface area contributed by atoms with Crippen LogP contribution in [-0.4, -0.2) is 15.0 Å². The van der Waals surface area contributed by atoms with E-state index in [1.165, 1.54) is 36.1 Å². The van der Waals surface area contributed by atoms with Crippen LogP contribution in [0.15, 0.2) is 12.3 Å². The first-order chi connectivity index (χ1) is 9.26. The van der Waals surface area contributed by atoms with Gasteiger partial charge in [0.2, 0.25) is 0 Å². The molecule has 1 unspecified atom stereocenters. The van der Waals surface area contributed by atoms with Crippen LogP contribution in [0.5, 0.6) is 0 Å². The summed E-state index contributed by atoms with van der Waals surface area (Å²) in [6.07, 6.45) is 7.80. The average Bonchev–Trinajstić information content (AvgIpc) is 3.01.